The zero-order chi connectivity index (χ0) is 17.8. The summed E-state index contributed by atoms with van der Waals surface area (Å²) in [7, 11) is 0. The number of anilines is 1. The van der Waals surface area contributed by atoms with Crippen molar-refractivity contribution < 1.29 is 13.7 Å². The number of carbonyl (C=O) groups is 1. The van der Waals surface area contributed by atoms with Crippen molar-refractivity contribution in [2.24, 2.45) is 0 Å². The molecular weight excluding hydrogens is 348 g/mol. The summed E-state index contributed by atoms with van der Waals surface area (Å²) in [4.78, 5) is 16.3. The second-order valence-electron chi connectivity index (χ2n) is 5.72. The lowest BCUT2D eigenvalue weighted by atomic mass is 10.0. The van der Waals surface area contributed by atoms with E-state index in [1.54, 1.807) is 36.4 Å². The fourth-order valence-corrected chi connectivity index (χ4v) is 2.76. The molecule has 0 saturated carbocycles. The Bertz CT molecular complexity index is 801. The van der Waals surface area contributed by atoms with Crippen molar-refractivity contribution in [3.63, 3.8) is 0 Å². The van der Waals surface area contributed by atoms with Crippen LogP contribution in [0.15, 0.2) is 42.0 Å². The van der Waals surface area contributed by atoms with Gasteiger partial charge in [-0.2, -0.15) is 0 Å². The summed E-state index contributed by atoms with van der Waals surface area (Å²) in [6.07, 6.45) is 2.90. The molecule has 3 rings (SSSR count). The fourth-order valence-electron chi connectivity index (χ4n) is 2.56. The third kappa shape index (κ3) is 4.41. The van der Waals surface area contributed by atoms with Gasteiger partial charge < -0.3 is 5.32 Å². The number of hydrogen-bond donors (Lipinski definition) is 1. The van der Waals surface area contributed by atoms with Gasteiger partial charge in [0.2, 0.25) is 0 Å². The number of pyridine rings is 1. The fraction of sp³-hybridized carbons (Fsp3) is 0.222. The minimum atomic E-state index is -0.785. The number of rotatable bonds is 3. The second-order valence-corrected chi connectivity index (χ2v) is 6.13. The van der Waals surface area contributed by atoms with Crippen LogP contribution in [0.2, 0.25) is 5.02 Å². The first-order valence-electron chi connectivity index (χ1n) is 7.85. The van der Waals surface area contributed by atoms with Crippen molar-refractivity contribution in [2.45, 2.75) is 12.8 Å². The van der Waals surface area contributed by atoms with E-state index < -0.39 is 11.7 Å². The highest BCUT2D eigenvalue weighted by atomic mass is 35.5. The smallest absolute Gasteiger partial charge is 0.256 e. The van der Waals surface area contributed by atoms with Gasteiger partial charge in [-0.1, -0.05) is 35.4 Å². The first kappa shape index (κ1) is 17.5. The van der Waals surface area contributed by atoms with E-state index >= 15 is 0 Å². The zero-order valence-electron chi connectivity index (χ0n) is 13.3. The molecule has 0 spiro atoms. The summed E-state index contributed by atoms with van der Waals surface area (Å²) in [5.74, 6) is -1.48. The number of carbonyl (C=O) groups excluding carboxylic acids is 1. The Morgan fingerprint density at radius 3 is 2.60 bits per heavy atom. The standard InChI is InChI=1S/C18H16ClF2N3O/c19-15-11-14(10-12-6-8-24(21)9-7-12)22-17(16(15)20)23-18(25)13-4-2-1-3-5-13/h1-5,10-11H,6-9H2,(H,22,23,25). The maximum Gasteiger partial charge on any atom is 0.256 e. The van der Waals surface area contributed by atoms with Crippen LogP contribution in [0.4, 0.5) is 14.7 Å². The van der Waals surface area contributed by atoms with Crippen LogP contribution >= 0.6 is 11.6 Å². The van der Waals surface area contributed by atoms with Gasteiger partial charge >= 0.3 is 0 Å². The number of nitrogens with zero attached hydrogens (tertiary/aromatic N) is 2. The van der Waals surface area contributed by atoms with Crippen molar-refractivity contribution in [3.8, 4) is 0 Å². The molecule has 25 heavy (non-hydrogen) atoms. The van der Waals surface area contributed by atoms with E-state index in [4.69, 9.17) is 11.6 Å². The van der Waals surface area contributed by atoms with Crippen LogP contribution in [0.25, 0.3) is 6.08 Å². The lowest BCUT2D eigenvalue weighted by molar-refractivity contribution is 0.0176. The van der Waals surface area contributed by atoms with Crippen molar-refractivity contribution in [3.05, 3.63) is 64.1 Å². The number of piperidine rings is 1. The molecule has 0 radical (unpaired) electrons. The summed E-state index contributed by atoms with van der Waals surface area (Å²) < 4.78 is 27.3. The Labute approximate surface area is 149 Å². The average Bonchev–Trinajstić information content (AvgIpc) is 2.62. The van der Waals surface area contributed by atoms with Gasteiger partial charge in [0.25, 0.3) is 5.91 Å². The normalized spacial score (nSPS) is 15.1. The highest BCUT2D eigenvalue weighted by Crippen LogP contribution is 2.25. The third-order valence-corrected chi connectivity index (χ3v) is 4.18. The van der Waals surface area contributed by atoms with Crippen molar-refractivity contribution in [2.75, 3.05) is 18.4 Å². The van der Waals surface area contributed by atoms with Crippen LogP contribution in [-0.4, -0.2) is 29.1 Å². The van der Waals surface area contributed by atoms with E-state index in [0.29, 0.717) is 37.2 Å². The zero-order valence-corrected chi connectivity index (χ0v) is 14.1. The summed E-state index contributed by atoms with van der Waals surface area (Å²) in [5, 5.41) is 3.07. The number of amides is 1. The molecule has 1 aliphatic heterocycles. The van der Waals surface area contributed by atoms with E-state index in [1.807, 2.05) is 0 Å². The Kier molecular flexibility index (Phi) is 5.40. The van der Waals surface area contributed by atoms with Gasteiger partial charge in [0.1, 0.15) is 0 Å². The summed E-state index contributed by atoms with van der Waals surface area (Å²) in [6.45, 7) is 0.636. The molecule has 7 heteroatoms. The second kappa shape index (κ2) is 7.72. The predicted octanol–water partition coefficient (Wildman–Crippen LogP) is 4.49. The average molecular weight is 364 g/mol. The molecule has 0 aliphatic carbocycles. The minimum Gasteiger partial charge on any atom is -0.304 e. The largest absolute Gasteiger partial charge is 0.304 e. The molecule has 0 unspecified atom stereocenters. The quantitative estimate of drug-likeness (QED) is 0.817. The maximum absolute atomic E-state index is 14.2. The summed E-state index contributed by atoms with van der Waals surface area (Å²) >= 11 is 5.93. The minimum absolute atomic E-state index is 0.131. The maximum atomic E-state index is 14.2. The summed E-state index contributed by atoms with van der Waals surface area (Å²) in [5.41, 5.74) is 1.82. The predicted molar refractivity (Wildman–Crippen MR) is 93.5 cm³/mol. The highest BCUT2D eigenvalue weighted by Gasteiger charge is 2.16. The Balaban J connectivity index is 1.83. The molecule has 130 valence electrons. The van der Waals surface area contributed by atoms with Crippen molar-refractivity contribution >= 4 is 29.4 Å². The number of hydrogen-bond acceptors (Lipinski definition) is 3. The van der Waals surface area contributed by atoms with Gasteiger partial charge in [-0.3, -0.25) is 4.79 Å². The number of nitrogens with one attached hydrogen (secondary N) is 1. The third-order valence-electron chi connectivity index (χ3n) is 3.90. The Morgan fingerprint density at radius 1 is 1.24 bits per heavy atom. The van der Waals surface area contributed by atoms with Crippen molar-refractivity contribution in [1.29, 1.82) is 0 Å². The van der Waals surface area contributed by atoms with Crippen LogP contribution in [0.5, 0.6) is 0 Å². The van der Waals surface area contributed by atoms with Crippen LogP contribution in [0.3, 0.4) is 0 Å². The molecule has 1 aliphatic rings. The van der Waals surface area contributed by atoms with E-state index in [0.717, 1.165) is 10.7 Å². The van der Waals surface area contributed by atoms with Gasteiger partial charge in [-0.15, -0.1) is 9.60 Å². The number of aromatic nitrogens is 1. The topological polar surface area (TPSA) is 45.2 Å². The van der Waals surface area contributed by atoms with Crippen molar-refractivity contribution in [1.82, 2.24) is 10.1 Å². The van der Waals surface area contributed by atoms with E-state index in [1.165, 1.54) is 6.07 Å². The lowest BCUT2D eigenvalue weighted by Crippen LogP contribution is -2.22. The van der Waals surface area contributed by atoms with Crippen LogP contribution in [0, 0.1) is 5.82 Å². The number of halogens is 3. The van der Waals surface area contributed by atoms with E-state index in [-0.39, 0.29) is 10.8 Å². The highest BCUT2D eigenvalue weighted by molar-refractivity contribution is 6.31. The Morgan fingerprint density at radius 2 is 1.92 bits per heavy atom. The molecule has 0 atom stereocenters. The SMILES string of the molecule is O=C(Nc1nc(C=C2CCN(F)CC2)cc(Cl)c1F)c1ccccc1. The first-order valence-corrected chi connectivity index (χ1v) is 8.23. The van der Waals surface area contributed by atoms with E-state index in [2.05, 4.69) is 10.3 Å². The van der Waals surface area contributed by atoms with Crippen LogP contribution < -0.4 is 5.32 Å². The van der Waals surface area contributed by atoms with Gasteiger partial charge in [-0.05, 0) is 37.1 Å². The lowest BCUT2D eigenvalue weighted by Gasteiger charge is -2.20. The molecule has 1 fully saturated rings. The molecule has 2 heterocycles. The molecule has 1 saturated heterocycles. The van der Waals surface area contributed by atoms with E-state index in [9.17, 15) is 13.7 Å². The molecular formula is C18H16ClF2N3O. The van der Waals surface area contributed by atoms with Gasteiger partial charge in [0.05, 0.1) is 10.7 Å². The molecule has 1 aromatic heterocycles. The van der Waals surface area contributed by atoms with Gasteiger partial charge in [0, 0.05) is 18.7 Å². The van der Waals surface area contributed by atoms with Gasteiger partial charge in [0.15, 0.2) is 11.6 Å². The first-order chi connectivity index (χ1) is 12.0. The molecule has 0 bridgehead atoms. The Hall–Kier alpha value is -2.31. The van der Waals surface area contributed by atoms with Gasteiger partial charge in [-0.25, -0.2) is 9.37 Å². The molecule has 1 aromatic carbocycles. The monoisotopic (exact) mass is 363 g/mol. The summed E-state index contributed by atoms with van der Waals surface area (Å²) in [6, 6.07) is 9.83. The molecule has 2 aromatic rings. The van der Waals surface area contributed by atoms with Crippen LogP contribution in [-0.2, 0) is 0 Å². The molecule has 1 N–H and O–H groups in total. The van der Waals surface area contributed by atoms with Crippen LogP contribution in [0.1, 0.15) is 28.9 Å². The number of benzene rings is 1. The molecule has 1 amide bonds. The molecule has 4 nitrogen and oxygen atoms in total.